The first-order valence-electron chi connectivity index (χ1n) is 13.6. The summed E-state index contributed by atoms with van der Waals surface area (Å²) >= 11 is 0. The van der Waals surface area contributed by atoms with Gasteiger partial charge in [0.15, 0.2) is 0 Å². The minimum atomic E-state index is -0.828. The summed E-state index contributed by atoms with van der Waals surface area (Å²) in [5.41, 5.74) is -0.356. The molecule has 0 aromatic heterocycles. The van der Waals surface area contributed by atoms with E-state index >= 15 is 0 Å². The van der Waals surface area contributed by atoms with Gasteiger partial charge in [0.2, 0.25) is 0 Å². The minimum absolute atomic E-state index is 0.0451. The van der Waals surface area contributed by atoms with Crippen molar-refractivity contribution in [3.8, 4) is 0 Å². The van der Waals surface area contributed by atoms with Crippen molar-refractivity contribution in [1.82, 2.24) is 0 Å². The largest absolute Gasteiger partial charge is 0.392 e. The standard InChI is InChI=1S/C30H50O4/c1-20(10-8-15-27(2,3)34)22-14-17-30(7)24(19-31)25(32)18-23-21(11-9-16-29(22,30)6)12-13-26(33)28(23,4)5/h8,15,18-22,24-26,32-34H,9-14,16-17H2,1-7H3/b15-8+,23-18+/t20-,21-,22?,24?,25?,26?,29?,30+/m1/s1. The summed E-state index contributed by atoms with van der Waals surface area (Å²) in [6, 6.07) is 0. The monoisotopic (exact) mass is 474 g/mol. The van der Waals surface area contributed by atoms with Crippen LogP contribution >= 0.6 is 0 Å². The topological polar surface area (TPSA) is 77.8 Å². The summed E-state index contributed by atoms with van der Waals surface area (Å²) in [6.45, 7) is 14.7. The minimum Gasteiger partial charge on any atom is -0.392 e. The fourth-order valence-electron chi connectivity index (χ4n) is 8.00. The maximum absolute atomic E-state index is 12.6. The van der Waals surface area contributed by atoms with Crippen LogP contribution in [0.25, 0.3) is 0 Å². The van der Waals surface area contributed by atoms with E-state index in [1.165, 1.54) is 0 Å². The van der Waals surface area contributed by atoms with Crippen LogP contribution in [0.4, 0.5) is 0 Å². The molecule has 8 atom stereocenters. The summed E-state index contributed by atoms with van der Waals surface area (Å²) < 4.78 is 0. The van der Waals surface area contributed by atoms with Gasteiger partial charge < -0.3 is 20.1 Å². The van der Waals surface area contributed by atoms with Gasteiger partial charge in [0.05, 0.1) is 23.7 Å². The van der Waals surface area contributed by atoms with E-state index < -0.39 is 23.7 Å². The average molecular weight is 475 g/mol. The van der Waals surface area contributed by atoms with Crippen molar-refractivity contribution in [2.45, 2.75) is 118 Å². The first-order valence-corrected chi connectivity index (χ1v) is 13.6. The second-order valence-corrected chi connectivity index (χ2v) is 13.4. The number of hydrogen-bond acceptors (Lipinski definition) is 4. The van der Waals surface area contributed by atoms with Gasteiger partial charge in [-0.3, -0.25) is 0 Å². The first-order chi connectivity index (χ1) is 15.7. The highest BCUT2D eigenvalue weighted by atomic mass is 16.3. The van der Waals surface area contributed by atoms with Crippen molar-refractivity contribution in [2.75, 3.05) is 0 Å². The van der Waals surface area contributed by atoms with Crippen molar-refractivity contribution in [1.29, 1.82) is 0 Å². The van der Waals surface area contributed by atoms with Crippen molar-refractivity contribution < 1.29 is 20.1 Å². The Labute approximate surface area is 207 Å². The highest BCUT2D eigenvalue weighted by Gasteiger charge is 2.59. The number of carbonyl (C=O) groups is 1. The molecular formula is C30H50O4. The van der Waals surface area contributed by atoms with Gasteiger partial charge in [0, 0.05) is 5.41 Å². The molecule has 5 unspecified atom stereocenters. The van der Waals surface area contributed by atoms with Gasteiger partial charge in [-0.1, -0.05) is 64.8 Å². The Morgan fingerprint density at radius 2 is 1.74 bits per heavy atom. The van der Waals surface area contributed by atoms with Crippen LogP contribution in [-0.2, 0) is 4.79 Å². The molecule has 0 aliphatic heterocycles. The van der Waals surface area contributed by atoms with E-state index in [-0.39, 0.29) is 16.2 Å². The molecule has 194 valence electrons. The molecule has 4 heteroatoms. The van der Waals surface area contributed by atoms with Gasteiger partial charge in [-0.05, 0) is 87.4 Å². The Hall–Kier alpha value is -0.970. The molecule has 3 rings (SSSR count). The lowest BCUT2D eigenvalue weighted by Gasteiger charge is -2.51. The van der Waals surface area contributed by atoms with Gasteiger partial charge in [-0.15, -0.1) is 0 Å². The Balaban J connectivity index is 1.97. The van der Waals surface area contributed by atoms with Crippen LogP contribution in [0, 0.1) is 39.9 Å². The van der Waals surface area contributed by atoms with Gasteiger partial charge in [-0.25, -0.2) is 0 Å². The predicted molar refractivity (Wildman–Crippen MR) is 138 cm³/mol. The summed E-state index contributed by atoms with van der Waals surface area (Å²) in [7, 11) is 0. The zero-order chi connectivity index (χ0) is 25.5. The predicted octanol–water partition coefficient (Wildman–Crippen LogP) is 5.85. The van der Waals surface area contributed by atoms with E-state index in [0.29, 0.717) is 17.8 Å². The second-order valence-electron chi connectivity index (χ2n) is 13.4. The van der Waals surface area contributed by atoms with Gasteiger partial charge >= 0.3 is 0 Å². The first kappa shape index (κ1) is 27.6. The number of allylic oxidation sites excluding steroid dienone is 1. The fraction of sp³-hybridized carbons (Fsp3) is 0.833. The lowest BCUT2D eigenvalue weighted by atomic mass is 9.53. The number of carbonyl (C=O) groups excluding carboxylic acids is 1. The van der Waals surface area contributed by atoms with Crippen LogP contribution in [0.1, 0.15) is 99.8 Å². The lowest BCUT2D eigenvalue weighted by molar-refractivity contribution is -0.125. The molecule has 4 nitrogen and oxygen atoms in total. The molecular weight excluding hydrogens is 424 g/mol. The Bertz CT molecular complexity index is 790. The molecule has 0 spiro atoms. The number of fused-ring (bicyclic) bond motifs is 2. The molecule has 0 aromatic carbocycles. The molecule has 3 aliphatic rings. The maximum atomic E-state index is 12.6. The zero-order valence-corrected chi connectivity index (χ0v) is 22.7. The van der Waals surface area contributed by atoms with E-state index in [0.717, 1.165) is 63.2 Å². The molecule has 0 bridgehead atoms. The number of hydrogen-bond donors (Lipinski definition) is 3. The second kappa shape index (κ2) is 9.82. The molecule has 0 aromatic rings. The van der Waals surface area contributed by atoms with Crippen LogP contribution in [0.3, 0.4) is 0 Å². The number of aliphatic hydroxyl groups is 3. The Kier molecular flexibility index (Phi) is 7.98. The molecule has 2 saturated carbocycles. The quantitative estimate of drug-likeness (QED) is 0.345. The molecule has 0 radical (unpaired) electrons. The highest BCUT2D eigenvalue weighted by molar-refractivity contribution is 5.58. The van der Waals surface area contributed by atoms with Crippen LogP contribution in [-0.4, -0.2) is 39.4 Å². The third-order valence-corrected chi connectivity index (χ3v) is 10.5. The van der Waals surface area contributed by atoms with Gasteiger partial charge in [-0.2, -0.15) is 0 Å². The summed E-state index contributed by atoms with van der Waals surface area (Å²) in [5.74, 6) is 0.807. The van der Waals surface area contributed by atoms with Crippen LogP contribution in [0.15, 0.2) is 23.8 Å². The zero-order valence-electron chi connectivity index (χ0n) is 22.7. The fourth-order valence-corrected chi connectivity index (χ4v) is 8.00. The van der Waals surface area contributed by atoms with Crippen molar-refractivity contribution >= 4 is 6.29 Å². The molecule has 0 amide bonds. The Morgan fingerprint density at radius 3 is 2.35 bits per heavy atom. The molecule has 3 N–H and O–H groups in total. The smallest absolute Gasteiger partial charge is 0.126 e. The van der Waals surface area contributed by atoms with Crippen LogP contribution in [0.2, 0.25) is 0 Å². The van der Waals surface area contributed by atoms with Crippen LogP contribution < -0.4 is 0 Å². The third kappa shape index (κ3) is 4.97. The lowest BCUT2D eigenvalue weighted by Crippen LogP contribution is -2.49. The van der Waals surface area contributed by atoms with E-state index in [9.17, 15) is 20.1 Å². The van der Waals surface area contributed by atoms with Crippen molar-refractivity contribution in [2.24, 2.45) is 39.9 Å². The molecule has 0 saturated heterocycles. The van der Waals surface area contributed by atoms with Crippen LogP contribution in [0.5, 0.6) is 0 Å². The summed E-state index contributed by atoms with van der Waals surface area (Å²) in [5, 5.41) is 32.3. The van der Waals surface area contributed by atoms with E-state index in [4.69, 9.17) is 0 Å². The molecule has 0 heterocycles. The average Bonchev–Trinajstić information content (AvgIpc) is 2.98. The normalized spacial score (nSPS) is 43.5. The van der Waals surface area contributed by atoms with E-state index in [2.05, 4.69) is 40.7 Å². The SMILES string of the molecule is C[C@H](C/C=C/C(C)(C)O)C1CC[C@@]2(C)C(C=O)C(O)/C=C3\[C@H](CCCC12C)CCC(O)C3(C)C. The molecule has 3 aliphatic carbocycles. The highest BCUT2D eigenvalue weighted by Crippen LogP contribution is 2.65. The van der Waals surface area contributed by atoms with Crippen molar-refractivity contribution in [3.05, 3.63) is 23.8 Å². The summed E-state index contributed by atoms with van der Waals surface area (Å²) in [4.78, 5) is 12.6. The number of aldehydes is 1. The van der Waals surface area contributed by atoms with E-state index in [1.54, 1.807) is 13.8 Å². The third-order valence-electron chi connectivity index (χ3n) is 10.5. The molecule has 2 fully saturated rings. The van der Waals surface area contributed by atoms with Crippen molar-refractivity contribution in [3.63, 3.8) is 0 Å². The Morgan fingerprint density at radius 1 is 1.06 bits per heavy atom. The maximum Gasteiger partial charge on any atom is 0.126 e. The summed E-state index contributed by atoms with van der Waals surface area (Å²) in [6.07, 6.45) is 13.6. The van der Waals surface area contributed by atoms with Gasteiger partial charge in [0.1, 0.15) is 6.29 Å². The van der Waals surface area contributed by atoms with Gasteiger partial charge in [0.25, 0.3) is 0 Å². The number of aliphatic hydroxyl groups excluding tert-OH is 2. The molecule has 34 heavy (non-hydrogen) atoms. The van der Waals surface area contributed by atoms with E-state index in [1.807, 2.05) is 12.2 Å². The number of rotatable bonds is 5.